The number of benzene rings is 2. The average Bonchev–Trinajstić information content (AvgIpc) is 3.21. The van der Waals surface area contributed by atoms with Crippen molar-refractivity contribution in [2.24, 2.45) is 4.99 Å². The predicted molar refractivity (Wildman–Crippen MR) is 124 cm³/mol. The van der Waals surface area contributed by atoms with Gasteiger partial charge >= 0.3 is 0 Å². The third-order valence-electron chi connectivity index (χ3n) is 5.44. The van der Waals surface area contributed by atoms with Gasteiger partial charge in [0.2, 0.25) is 0 Å². The molecule has 0 aliphatic carbocycles. The van der Waals surface area contributed by atoms with E-state index in [2.05, 4.69) is 37.8 Å². The largest absolute Gasteiger partial charge is 0.497 e. The zero-order chi connectivity index (χ0) is 22.3. The van der Waals surface area contributed by atoms with E-state index in [9.17, 15) is 0 Å². The Balaban J connectivity index is 1.26. The number of guanidine groups is 1. The monoisotopic (exact) mass is 434 g/mol. The third-order valence-corrected chi connectivity index (χ3v) is 5.44. The molecule has 32 heavy (non-hydrogen) atoms. The van der Waals surface area contributed by atoms with Crippen LogP contribution in [0.15, 0.2) is 53.5 Å². The molecule has 0 saturated heterocycles. The molecular weight excluding hydrogens is 404 g/mol. The van der Waals surface area contributed by atoms with Gasteiger partial charge in [0.05, 0.1) is 13.2 Å². The van der Waals surface area contributed by atoms with Gasteiger partial charge in [0, 0.05) is 20.1 Å². The minimum Gasteiger partial charge on any atom is -0.497 e. The summed E-state index contributed by atoms with van der Waals surface area (Å²) in [5, 5.41) is 11.4. The molecule has 0 amide bonds. The molecule has 8 heteroatoms. The molecule has 3 aromatic rings. The van der Waals surface area contributed by atoms with Crippen molar-refractivity contribution < 1.29 is 9.47 Å². The lowest BCUT2D eigenvalue weighted by Crippen LogP contribution is -2.42. The summed E-state index contributed by atoms with van der Waals surface area (Å²) >= 11 is 0. The molecule has 1 aromatic heterocycles. The first kappa shape index (κ1) is 21.7. The molecule has 2 N–H and O–H groups in total. The number of aliphatic imine (C=N–C) groups is 1. The lowest BCUT2D eigenvalue weighted by atomic mass is 10.1. The molecule has 0 spiro atoms. The molecule has 8 nitrogen and oxygen atoms in total. The molecule has 0 radical (unpaired) electrons. The zero-order valence-electron chi connectivity index (χ0n) is 18.8. The van der Waals surface area contributed by atoms with Crippen molar-refractivity contribution in [3.63, 3.8) is 0 Å². The second kappa shape index (κ2) is 10.2. The van der Waals surface area contributed by atoms with Gasteiger partial charge in [-0.2, -0.15) is 5.10 Å². The fourth-order valence-corrected chi connectivity index (χ4v) is 3.79. The van der Waals surface area contributed by atoms with E-state index >= 15 is 0 Å². The number of nitrogens with zero attached hydrogens (tertiary/aromatic N) is 4. The number of hydrogen-bond acceptors (Lipinski definition) is 5. The van der Waals surface area contributed by atoms with Crippen molar-refractivity contribution in [2.75, 3.05) is 20.7 Å². The SMILES string of the molecule is CN=C(NCCc1ccc(Oc2ccc(OC)cc2)cc1)NC1CCCn2nc(C)nc21. The highest BCUT2D eigenvalue weighted by Gasteiger charge is 2.24. The average molecular weight is 435 g/mol. The van der Waals surface area contributed by atoms with Crippen LogP contribution in [0.3, 0.4) is 0 Å². The summed E-state index contributed by atoms with van der Waals surface area (Å²) in [5.41, 5.74) is 1.23. The molecule has 1 aliphatic rings. The van der Waals surface area contributed by atoms with E-state index in [1.54, 1.807) is 14.2 Å². The van der Waals surface area contributed by atoms with Gasteiger partial charge < -0.3 is 20.1 Å². The van der Waals surface area contributed by atoms with Crippen LogP contribution in [0.4, 0.5) is 0 Å². The third kappa shape index (κ3) is 5.38. The van der Waals surface area contributed by atoms with Crippen molar-refractivity contribution >= 4 is 5.96 Å². The van der Waals surface area contributed by atoms with E-state index in [0.717, 1.165) is 67.2 Å². The normalized spacial score (nSPS) is 15.7. The van der Waals surface area contributed by atoms with Gasteiger partial charge in [0.15, 0.2) is 5.96 Å². The summed E-state index contributed by atoms with van der Waals surface area (Å²) in [4.78, 5) is 8.96. The minimum atomic E-state index is 0.130. The Hall–Kier alpha value is -3.55. The van der Waals surface area contributed by atoms with Gasteiger partial charge in [-0.3, -0.25) is 4.99 Å². The van der Waals surface area contributed by atoms with Gasteiger partial charge in [0.25, 0.3) is 0 Å². The molecule has 168 valence electrons. The number of ether oxygens (including phenoxy) is 2. The second-order valence-electron chi connectivity index (χ2n) is 7.75. The summed E-state index contributed by atoms with van der Waals surface area (Å²) in [5.74, 6) is 4.99. The van der Waals surface area contributed by atoms with Gasteiger partial charge in [-0.15, -0.1) is 0 Å². The Morgan fingerprint density at radius 3 is 2.47 bits per heavy atom. The zero-order valence-corrected chi connectivity index (χ0v) is 18.8. The smallest absolute Gasteiger partial charge is 0.191 e. The van der Waals surface area contributed by atoms with Crippen molar-refractivity contribution in [1.29, 1.82) is 0 Å². The lowest BCUT2D eigenvalue weighted by Gasteiger charge is -2.25. The number of aromatic nitrogens is 3. The van der Waals surface area contributed by atoms with Gasteiger partial charge in [-0.05, 0) is 68.1 Å². The molecular formula is C24H30N6O2. The van der Waals surface area contributed by atoms with E-state index < -0.39 is 0 Å². The van der Waals surface area contributed by atoms with E-state index in [-0.39, 0.29) is 6.04 Å². The number of fused-ring (bicyclic) bond motifs is 1. The van der Waals surface area contributed by atoms with E-state index in [1.807, 2.05) is 48.0 Å². The highest BCUT2D eigenvalue weighted by atomic mass is 16.5. The molecule has 0 fully saturated rings. The van der Waals surface area contributed by atoms with Crippen molar-refractivity contribution in [2.45, 2.75) is 38.8 Å². The highest BCUT2D eigenvalue weighted by Crippen LogP contribution is 2.24. The Bertz CT molecular complexity index is 1040. The van der Waals surface area contributed by atoms with Crippen LogP contribution >= 0.6 is 0 Å². The van der Waals surface area contributed by atoms with Crippen molar-refractivity contribution in [3.8, 4) is 17.2 Å². The first-order chi connectivity index (χ1) is 15.6. The predicted octanol–water partition coefficient (Wildman–Crippen LogP) is 3.63. The number of hydrogen-bond donors (Lipinski definition) is 2. The number of nitrogens with one attached hydrogen (secondary N) is 2. The van der Waals surface area contributed by atoms with Crippen LogP contribution in [0.2, 0.25) is 0 Å². The van der Waals surface area contributed by atoms with E-state index in [0.29, 0.717) is 0 Å². The summed E-state index contributed by atoms with van der Waals surface area (Å²) in [7, 11) is 3.44. The Kier molecular flexibility index (Phi) is 6.89. The maximum absolute atomic E-state index is 5.89. The fraction of sp³-hybridized carbons (Fsp3) is 0.375. The summed E-state index contributed by atoms with van der Waals surface area (Å²) in [6.45, 7) is 3.64. The molecule has 0 bridgehead atoms. The Morgan fingerprint density at radius 1 is 1.09 bits per heavy atom. The summed E-state index contributed by atoms with van der Waals surface area (Å²) in [6, 6.07) is 15.8. The van der Waals surface area contributed by atoms with Gasteiger partial charge in [-0.25, -0.2) is 9.67 Å². The first-order valence-corrected chi connectivity index (χ1v) is 10.9. The van der Waals surface area contributed by atoms with Crippen LogP contribution in [0.25, 0.3) is 0 Å². The molecule has 2 heterocycles. The van der Waals surface area contributed by atoms with E-state index in [4.69, 9.17) is 9.47 Å². The quantitative estimate of drug-likeness (QED) is 0.436. The maximum Gasteiger partial charge on any atom is 0.191 e. The topological polar surface area (TPSA) is 85.6 Å². The Labute approximate surface area is 188 Å². The van der Waals surface area contributed by atoms with Crippen LogP contribution in [0.5, 0.6) is 17.2 Å². The fourth-order valence-electron chi connectivity index (χ4n) is 3.79. The molecule has 0 saturated carbocycles. The van der Waals surface area contributed by atoms with Crippen molar-refractivity contribution in [3.05, 3.63) is 65.7 Å². The van der Waals surface area contributed by atoms with Crippen LogP contribution in [0.1, 0.15) is 36.1 Å². The lowest BCUT2D eigenvalue weighted by molar-refractivity contribution is 0.398. The van der Waals surface area contributed by atoms with Crippen LogP contribution in [-0.4, -0.2) is 41.4 Å². The van der Waals surface area contributed by atoms with Crippen LogP contribution in [0, 0.1) is 6.92 Å². The van der Waals surface area contributed by atoms with Gasteiger partial charge in [-0.1, -0.05) is 12.1 Å². The minimum absolute atomic E-state index is 0.130. The molecule has 4 rings (SSSR count). The molecule has 1 unspecified atom stereocenters. The van der Waals surface area contributed by atoms with Gasteiger partial charge in [0.1, 0.15) is 28.9 Å². The maximum atomic E-state index is 5.89. The van der Waals surface area contributed by atoms with Crippen LogP contribution < -0.4 is 20.1 Å². The number of aryl methyl sites for hydroxylation is 2. The first-order valence-electron chi connectivity index (χ1n) is 10.9. The summed E-state index contributed by atoms with van der Waals surface area (Å²) in [6.07, 6.45) is 2.98. The number of rotatable bonds is 7. The van der Waals surface area contributed by atoms with Crippen LogP contribution in [-0.2, 0) is 13.0 Å². The number of methoxy groups -OCH3 is 1. The molecule has 1 atom stereocenters. The highest BCUT2D eigenvalue weighted by molar-refractivity contribution is 5.80. The Morgan fingerprint density at radius 2 is 1.78 bits per heavy atom. The molecule has 1 aliphatic heterocycles. The standard InChI is InChI=1S/C24H30N6O2/c1-17-27-23-22(5-4-16-30(23)29-17)28-24(25-2)26-15-14-18-6-8-20(9-7-18)32-21-12-10-19(31-3)11-13-21/h6-13,22H,4-5,14-16H2,1-3H3,(H2,25,26,28). The van der Waals surface area contributed by atoms with E-state index in [1.165, 1.54) is 5.56 Å². The molecule has 2 aromatic carbocycles. The van der Waals surface area contributed by atoms with Crippen molar-refractivity contribution in [1.82, 2.24) is 25.4 Å². The second-order valence-corrected chi connectivity index (χ2v) is 7.75. The summed E-state index contributed by atoms with van der Waals surface area (Å²) < 4.78 is 13.1.